The van der Waals surface area contributed by atoms with Gasteiger partial charge in [0.25, 0.3) is 0 Å². The van der Waals surface area contributed by atoms with Gasteiger partial charge < -0.3 is 10.4 Å². The molecule has 3 N–H and O–H groups in total. The Morgan fingerprint density at radius 3 is 2.71 bits per heavy atom. The topological polar surface area (TPSA) is 78.4 Å². The van der Waals surface area contributed by atoms with Gasteiger partial charge in [-0.05, 0) is 29.3 Å². The average Bonchev–Trinajstić information content (AvgIpc) is 2.89. The third-order valence-corrected chi connectivity index (χ3v) is 4.34. The van der Waals surface area contributed by atoms with E-state index < -0.39 is 12.0 Å². The van der Waals surface area contributed by atoms with Crippen LogP contribution in [0.25, 0.3) is 0 Å². The molecule has 1 aromatic heterocycles. The quantitative estimate of drug-likeness (QED) is 0.721. The highest BCUT2D eigenvalue weighted by Crippen LogP contribution is 2.27. The molecule has 0 unspecified atom stereocenters. The number of amides is 2. The molecule has 0 aliphatic rings. The summed E-state index contributed by atoms with van der Waals surface area (Å²) in [5, 5.41) is 16.3. The lowest BCUT2D eigenvalue weighted by molar-refractivity contribution is 0.0698. The standard InChI is InChI=1S/C14H14N2O3S2/c1-2-20-11-6-4-3-5-10(11)15-14(19)16-12-9(13(17)18)7-8-21-12/h3-8H,2H2,1H3,(H,17,18)(H2,15,16,19). The van der Waals surface area contributed by atoms with Crippen LogP contribution in [-0.2, 0) is 0 Å². The predicted octanol–water partition coefficient (Wildman–Crippen LogP) is 4.20. The fraction of sp³-hybridized carbons (Fsp3) is 0.143. The number of rotatable bonds is 5. The Hall–Kier alpha value is -1.99. The molecule has 2 rings (SSSR count). The molecule has 0 saturated carbocycles. The Balaban J connectivity index is 2.08. The molecule has 0 fully saturated rings. The van der Waals surface area contributed by atoms with Gasteiger partial charge in [0.2, 0.25) is 0 Å². The second kappa shape index (κ2) is 7.14. The molecular weight excluding hydrogens is 308 g/mol. The molecule has 0 aliphatic heterocycles. The molecule has 7 heteroatoms. The molecular formula is C14H14N2O3S2. The van der Waals surface area contributed by atoms with Crippen LogP contribution in [0, 0.1) is 0 Å². The Kier molecular flexibility index (Phi) is 5.24. The Morgan fingerprint density at radius 1 is 1.24 bits per heavy atom. The normalized spacial score (nSPS) is 10.1. The van der Waals surface area contributed by atoms with E-state index in [1.54, 1.807) is 17.1 Å². The second-order valence-corrected chi connectivity index (χ2v) is 6.20. The van der Waals surface area contributed by atoms with Crippen molar-refractivity contribution in [3.8, 4) is 0 Å². The fourth-order valence-electron chi connectivity index (χ4n) is 1.68. The molecule has 1 heterocycles. The Morgan fingerprint density at radius 2 is 2.00 bits per heavy atom. The number of benzene rings is 1. The first-order valence-corrected chi connectivity index (χ1v) is 8.09. The van der Waals surface area contributed by atoms with Crippen molar-refractivity contribution in [3.05, 3.63) is 41.3 Å². The molecule has 2 aromatic rings. The van der Waals surface area contributed by atoms with E-state index in [4.69, 9.17) is 5.11 Å². The summed E-state index contributed by atoms with van der Waals surface area (Å²) in [6.07, 6.45) is 0. The van der Waals surface area contributed by atoms with Crippen molar-refractivity contribution in [2.45, 2.75) is 11.8 Å². The van der Waals surface area contributed by atoms with Crippen LogP contribution in [0.3, 0.4) is 0 Å². The van der Waals surface area contributed by atoms with Gasteiger partial charge in [-0.2, -0.15) is 0 Å². The van der Waals surface area contributed by atoms with Crippen molar-refractivity contribution in [1.82, 2.24) is 0 Å². The van der Waals surface area contributed by atoms with E-state index in [9.17, 15) is 9.59 Å². The van der Waals surface area contributed by atoms with E-state index in [0.717, 1.165) is 10.6 Å². The number of thioether (sulfide) groups is 1. The van der Waals surface area contributed by atoms with Gasteiger partial charge in [-0.1, -0.05) is 19.1 Å². The lowest BCUT2D eigenvalue weighted by atomic mass is 10.3. The first-order valence-electron chi connectivity index (χ1n) is 6.22. The average molecular weight is 322 g/mol. The minimum Gasteiger partial charge on any atom is -0.478 e. The van der Waals surface area contributed by atoms with Crippen LogP contribution in [0.2, 0.25) is 0 Å². The first kappa shape index (κ1) is 15.4. The zero-order valence-electron chi connectivity index (χ0n) is 11.3. The molecule has 0 atom stereocenters. The summed E-state index contributed by atoms with van der Waals surface area (Å²) in [7, 11) is 0. The molecule has 5 nitrogen and oxygen atoms in total. The number of urea groups is 1. The Bertz CT molecular complexity index is 655. The third kappa shape index (κ3) is 3.99. The number of thiophene rings is 1. The Labute approximate surface area is 130 Å². The van der Waals surface area contributed by atoms with Crippen molar-refractivity contribution in [3.63, 3.8) is 0 Å². The summed E-state index contributed by atoms with van der Waals surface area (Å²) >= 11 is 2.80. The number of hydrogen-bond donors (Lipinski definition) is 3. The minimum absolute atomic E-state index is 0.0892. The molecule has 2 amide bonds. The van der Waals surface area contributed by atoms with Gasteiger partial charge >= 0.3 is 12.0 Å². The molecule has 21 heavy (non-hydrogen) atoms. The number of anilines is 2. The predicted molar refractivity (Wildman–Crippen MR) is 86.8 cm³/mol. The highest BCUT2D eigenvalue weighted by molar-refractivity contribution is 7.99. The number of carboxylic acid groups (broad SMARTS) is 1. The van der Waals surface area contributed by atoms with Gasteiger partial charge in [0.1, 0.15) is 5.00 Å². The minimum atomic E-state index is -1.06. The molecule has 110 valence electrons. The number of carbonyl (C=O) groups is 2. The van der Waals surface area contributed by atoms with Gasteiger partial charge in [0.15, 0.2) is 0 Å². The first-order chi connectivity index (χ1) is 10.1. The highest BCUT2D eigenvalue weighted by Gasteiger charge is 2.14. The maximum atomic E-state index is 12.0. The van der Waals surface area contributed by atoms with Crippen LogP contribution in [0.15, 0.2) is 40.6 Å². The SMILES string of the molecule is CCSc1ccccc1NC(=O)Nc1sccc1C(=O)O. The fourth-order valence-corrected chi connectivity index (χ4v) is 3.22. The van der Waals surface area contributed by atoms with Crippen LogP contribution in [0.1, 0.15) is 17.3 Å². The molecule has 0 bridgehead atoms. The van der Waals surface area contributed by atoms with E-state index in [-0.39, 0.29) is 5.56 Å². The summed E-state index contributed by atoms with van der Waals surface area (Å²) in [5.74, 6) is -0.164. The summed E-state index contributed by atoms with van der Waals surface area (Å²) in [4.78, 5) is 24.0. The molecule has 0 saturated heterocycles. The molecule has 0 radical (unpaired) electrons. The monoisotopic (exact) mass is 322 g/mol. The number of carboxylic acids is 1. The lowest BCUT2D eigenvalue weighted by Crippen LogP contribution is -2.20. The van der Waals surface area contributed by atoms with E-state index in [1.807, 2.05) is 31.2 Å². The van der Waals surface area contributed by atoms with E-state index in [1.165, 1.54) is 17.4 Å². The van der Waals surface area contributed by atoms with Crippen molar-refractivity contribution < 1.29 is 14.7 Å². The van der Waals surface area contributed by atoms with Crippen LogP contribution in [-0.4, -0.2) is 22.9 Å². The van der Waals surface area contributed by atoms with Crippen LogP contribution < -0.4 is 10.6 Å². The second-order valence-electron chi connectivity index (χ2n) is 3.98. The van der Waals surface area contributed by atoms with E-state index >= 15 is 0 Å². The summed E-state index contributed by atoms with van der Waals surface area (Å²) in [5.41, 5.74) is 0.793. The van der Waals surface area contributed by atoms with Gasteiger partial charge in [-0.25, -0.2) is 9.59 Å². The number of para-hydroxylation sites is 1. The zero-order valence-corrected chi connectivity index (χ0v) is 12.9. The number of nitrogens with one attached hydrogen (secondary N) is 2. The number of aromatic carboxylic acids is 1. The third-order valence-electron chi connectivity index (χ3n) is 2.56. The van der Waals surface area contributed by atoms with Crippen LogP contribution in [0.5, 0.6) is 0 Å². The zero-order chi connectivity index (χ0) is 15.2. The van der Waals surface area contributed by atoms with Crippen LogP contribution in [0.4, 0.5) is 15.5 Å². The number of carbonyl (C=O) groups excluding carboxylic acids is 1. The summed E-state index contributed by atoms with van der Waals surface area (Å²) in [6, 6.07) is 8.49. The van der Waals surface area contributed by atoms with E-state index in [0.29, 0.717) is 10.7 Å². The van der Waals surface area contributed by atoms with Crippen molar-refractivity contribution in [2.75, 3.05) is 16.4 Å². The summed E-state index contributed by atoms with van der Waals surface area (Å²) in [6.45, 7) is 2.03. The molecule has 0 aliphatic carbocycles. The highest BCUT2D eigenvalue weighted by atomic mass is 32.2. The molecule has 0 spiro atoms. The molecule has 1 aromatic carbocycles. The summed E-state index contributed by atoms with van der Waals surface area (Å²) < 4.78 is 0. The smallest absolute Gasteiger partial charge is 0.338 e. The lowest BCUT2D eigenvalue weighted by Gasteiger charge is -2.10. The van der Waals surface area contributed by atoms with Gasteiger partial charge in [0.05, 0.1) is 11.3 Å². The van der Waals surface area contributed by atoms with Gasteiger partial charge in [0, 0.05) is 4.90 Å². The van der Waals surface area contributed by atoms with Crippen molar-refractivity contribution in [1.29, 1.82) is 0 Å². The van der Waals surface area contributed by atoms with Crippen molar-refractivity contribution >= 4 is 45.8 Å². The maximum Gasteiger partial charge on any atom is 0.338 e. The van der Waals surface area contributed by atoms with Gasteiger partial charge in [-0.3, -0.25) is 5.32 Å². The van der Waals surface area contributed by atoms with E-state index in [2.05, 4.69) is 10.6 Å². The largest absolute Gasteiger partial charge is 0.478 e. The van der Waals surface area contributed by atoms with Crippen LogP contribution >= 0.6 is 23.1 Å². The number of hydrogen-bond acceptors (Lipinski definition) is 4. The van der Waals surface area contributed by atoms with Crippen molar-refractivity contribution in [2.24, 2.45) is 0 Å². The van der Waals surface area contributed by atoms with Gasteiger partial charge in [-0.15, -0.1) is 23.1 Å². The maximum absolute atomic E-state index is 12.0.